The van der Waals surface area contributed by atoms with Gasteiger partial charge in [0.05, 0.1) is 5.75 Å². The molecule has 0 aromatic heterocycles. The van der Waals surface area contributed by atoms with Gasteiger partial charge in [-0.3, -0.25) is 9.59 Å². The summed E-state index contributed by atoms with van der Waals surface area (Å²) in [4.78, 5) is 22.7. The smallest absolute Gasteiger partial charge is 0.303 e. The lowest BCUT2D eigenvalue weighted by molar-refractivity contribution is -0.145. The molecule has 0 aliphatic heterocycles. The van der Waals surface area contributed by atoms with Gasteiger partial charge in [0.1, 0.15) is 11.9 Å². The average molecular weight is 252 g/mol. The van der Waals surface area contributed by atoms with E-state index < -0.39 is 0 Å². The number of hydrogen-bond acceptors (Lipinski definition) is 4. The molecule has 0 saturated heterocycles. The second-order valence-electron chi connectivity index (χ2n) is 3.81. The first kappa shape index (κ1) is 13.8. The first-order valence-corrected chi connectivity index (χ1v) is 6.37. The molecule has 0 bridgehead atoms. The minimum Gasteiger partial charge on any atom is -0.458 e. The molecule has 1 aromatic carbocycles. The molecule has 0 fully saturated rings. The van der Waals surface area contributed by atoms with Crippen LogP contribution in [0, 0.1) is 0 Å². The lowest BCUT2D eigenvalue weighted by Gasteiger charge is -2.12. The maximum Gasteiger partial charge on any atom is 0.303 e. The summed E-state index contributed by atoms with van der Waals surface area (Å²) >= 11 is 1.51. The molecule has 4 heteroatoms. The molecule has 0 heterocycles. The van der Waals surface area contributed by atoms with Gasteiger partial charge < -0.3 is 4.74 Å². The molecule has 0 N–H and O–H groups in total. The molecule has 0 radical (unpaired) electrons. The lowest BCUT2D eigenvalue weighted by Crippen LogP contribution is -2.04. The summed E-state index contributed by atoms with van der Waals surface area (Å²) in [6.45, 7) is 4.80. The normalized spacial score (nSPS) is 11.9. The van der Waals surface area contributed by atoms with E-state index in [1.54, 1.807) is 6.92 Å². The SMILES string of the molecule is CC(=O)CSc1ccc(C(C)OC(C)=O)cc1. The Morgan fingerprint density at radius 2 is 1.82 bits per heavy atom. The summed E-state index contributed by atoms with van der Waals surface area (Å²) in [5, 5.41) is 0. The van der Waals surface area contributed by atoms with Crippen molar-refractivity contribution < 1.29 is 14.3 Å². The first-order chi connectivity index (χ1) is 7.99. The number of carbonyl (C=O) groups excluding carboxylic acids is 2. The Bertz CT molecular complexity index is 398. The Labute approximate surface area is 106 Å². The number of carbonyl (C=O) groups is 2. The molecule has 1 atom stereocenters. The summed E-state index contributed by atoms with van der Waals surface area (Å²) < 4.78 is 5.07. The van der Waals surface area contributed by atoms with Gasteiger partial charge in [-0.25, -0.2) is 0 Å². The Balaban J connectivity index is 2.60. The third-order valence-corrected chi connectivity index (χ3v) is 3.29. The molecular weight excluding hydrogens is 236 g/mol. The molecule has 0 aliphatic rings. The largest absolute Gasteiger partial charge is 0.458 e. The molecule has 0 spiro atoms. The fourth-order valence-electron chi connectivity index (χ4n) is 1.34. The van der Waals surface area contributed by atoms with Crippen LogP contribution in [0.25, 0.3) is 0 Å². The molecule has 0 amide bonds. The highest BCUT2D eigenvalue weighted by Crippen LogP contribution is 2.22. The van der Waals surface area contributed by atoms with E-state index in [1.807, 2.05) is 31.2 Å². The summed E-state index contributed by atoms with van der Waals surface area (Å²) in [5.41, 5.74) is 0.951. The third-order valence-electron chi connectivity index (χ3n) is 2.13. The predicted molar refractivity (Wildman–Crippen MR) is 68.0 cm³/mol. The highest BCUT2D eigenvalue weighted by Gasteiger charge is 2.08. The van der Waals surface area contributed by atoms with E-state index in [-0.39, 0.29) is 17.9 Å². The molecule has 3 nitrogen and oxygen atoms in total. The van der Waals surface area contributed by atoms with Crippen molar-refractivity contribution >= 4 is 23.5 Å². The van der Waals surface area contributed by atoms with Crippen molar-refractivity contribution in [3.05, 3.63) is 29.8 Å². The Kier molecular flexibility index (Phi) is 5.22. The van der Waals surface area contributed by atoms with Crippen LogP contribution in [0.5, 0.6) is 0 Å². The zero-order valence-corrected chi connectivity index (χ0v) is 11.0. The number of hydrogen-bond donors (Lipinski definition) is 0. The maximum absolute atomic E-state index is 10.8. The Morgan fingerprint density at radius 1 is 1.24 bits per heavy atom. The predicted octanol–water partition coefficient (Wildman–Crippen LogP) is 2.99. The van der Waals surface area contributed by atoms with Crippen molar-refractivity contribution in [3.8, 4) is 0 Å². The topological polar surface area (TPSA) is 43.4 Å². The van der Waals surface area contributed by atoms with Crippen molar-refractivity contribution in [1.82, 2.24) is 0 Å². The molecule has 92 valence electrons. The number of rotatable bonds is 5. The van der Waals surface area contributed by atoms with Crippen LogP contribution >= 0.6 is 11.8 Å². The van der Waals surface area contributed by atoms with Crippen molar-refractivity contribution in [2.45, 2.75) is 31.8 Å². The average Bonchev–Trinajstić information content (AvgIpc) is 2.26. The first-order valence-electron chi connectivity index (χ1n) is 5.38. The summed E-state index contributed by atoms with van der Waals surface area (Å²) in [5.74, 6) is 0.360. The number of thioether (sulfide) groups is 1. The highest BCUT2D eigenvalue weighted by atomic mass is 32.2. The van der Waals surface area contributed by atoms with Gasteiger partial charge in [-0.15, -0.1) is 11.8 Å². The van der Waals surface area contributed by atoms with Crippen LogP contribution in [0.3, 0.4) is 0 Å². The molecule has 1 rings (SSSR count). The molecule has 0 aliphatic carbocycles. The number of esters is 1. The van der Waals surface area contributed by atoms with Gasteiger partial charge >= 0.3 is 5.97 Å². The Hall–Kier alpha value is -1.29. The van der Waals surface area contributed by atoms with E-state index in [0.29, 0.717) is 5.75 Å². The third kappa shape index (κ3) is 5.04. The summed E-state index contributed by atoms with van der Waals surface area (Å²) in [6, 6.07) is 7.69. The summed E-state index contributed by atoms with van der Waals surface area (Å²) in [7, 11) is 0. The maximum atomic E-state index is 10.8. The van der Waals surface area contributed by atoms with Crippen LogP contribution in [0.4, 0.5) is 0 Å². The molecule has 17 heavy (non-hydrogen) atoms. The number of benzene rings is 1. The van der Waals surface area contributed by atoms with Crippen molar-refractivity contribution in [1.29, 1.82) is 0 Å². The van der Waals surface area contributed by atoms with Crippen LogP contribution in [0.15, 0.2) is 29.2 Å². The van der Waals surface area contributed by atoms with E-state index in [9.17, 15) is 9.59 Å². The van der Waals surface area contributed by atoms with Gasteiger partial charge in [-0.1, -0.05) is 12.1 Å². The second kappa shape index (κ2) is 6.45. The van der Waals surface area contributed by atoms with Gasteiger partial charge in [0.25, 0.3) is 0 Å². The second-order valence-corrected chi connectivity index (χ2v) is 4.86. The lowest BCUT2D eigenvalue weighted by atomic mass is 10.1. The van der Waals surface area contributed by atoms with E-state index in [1.165, 1.54) is 18.7 Å². The van der Waals surface area contributed by atoms with Crippen LogP contribution < -0.4 is 0 Å². The molecular formula is C13H16O3S. The number of Topliss-reactive ketones (excluding diaryl/α,β-unsaturated/α-hetero) is 1. The van der Waals surface area contributed by atoms with Crippen LogP contribution in [-0.4, -0.2) is 17.5 Å². The summed E-state index contributed by atoms with van der Waals surface area (Å²) in [6.07, 6.45) is -0.237. The Morgan fingerprint density at radius 3 is 2.29 bits per heavy atom. The van der Waals surface area contributed by atoms with Crippen molar-refractivity contribution in [2.75, 3.05) is 5.75 Å². The van der Waals surface area contributed by atoms with Gasteiger partial charge in [-0.05, 0) is 31.5 Å². The van der Waals surface area contributed by atoms with E-state index >= 15 is 0 Å². The number of ketones is 1. The quantitative estimate of drug-likeness (QED) is 0.597. The van der Waals surface area contributed by atoms with Crippen LogP contribution in [0.2, 0.25) is 0 Å². The van der Waals surface area contributed by atoms with Gasteiger partial charge in [0.15, 0.2) is 0 Å². The molecule has 0 saturated carbocycles. The van der Waals surface area contributed by atoms with Gasteiger partial charge in [0, 0.05) is 11.8 Å². The zero-order chi connectivity index (χ0) is 12.8. The number of ether oxygens (including phenoxy) is 1. The van der Waals surface area contributed by atoms with Gasteiger partial charge in [0.2, 0.25) is 0 Å². The van der Waals surface area contributed by atoms with Crippen LogP contribution in [0.1, 0.15) is 32.4 Å². The minimum atomic E-state index is -0.285. The van der Waals surface area contributed by atoms with E-state index in [2.05, 4.69) is 0 Å². The highest BCUT2D eigenvalue weighted by molar-refractivity contribution is 8.00. The van der Waals surface area contributed by atoms with E-state index in [0.717, 1.165) is 10.5 Å². The monoisotopic (exact) mass is 252 g/mol. The minimum absolute atomic E-state index is 0.160. The van der Waals surface area contributed by atoms with Crippen molar-refractivity contribution in [3.63, 3.8) is 0 Å². The standard InChI is InChI=1S/C13H16O3S/c1-9(14)8-17-13-6-4-12(5-7-13)10(2)16-11(3)15/h4-7,10H,8H2,1-3H3. The molecule has 1 aromatic rings. The molecule has 1 unspecified atom stereocenters. The fourth-order valence-corrected chi connectivity index (χ4v) is 2.04. The zero-order valence-electron chi connectivity index (χ0n) is 10.2. The van der Waals surface area contributed by atoms with E-state index in [4.69, 9.17) is 4.74 Å². The van der Waals surface area contributed by atoms with Crippen LogP contribution in [-0.2, 0) is 14.3 Å². The van der Waals surface area contributed by atoms with Gasteiger partial charge in [-0.2, -0.15) is 0 Å². The fraction of sp³-hybridized carbons (Fsp3) is 0.385. The van der Waals surface area contributed by atoms with Crippen molar-refractivity contribution in [2.24, 2.45) is 0 Å².